The van der Waals surface area contributed by atoms with Gasteiger partial charge in [-0.1, -0.05) is 6.07 Å². The van der Waals surface area contributed by atoms with Crippen molar-refractivity contribution in [1.82, 2.24) is 4.98 Å². The molecule has 2 heterocycles. The van der Waals surface area contributed by atoms with Crippen molar-refractivity contribution in [2.24, 2.45) is 0 Å². The molecule has 2 N–H and O–H groups in total. The van der Waals surface area contributed by atoms with Gasteiger partial charge < -0.3 is 15.4 Å². The zero-order valence-electron chi connectivity index (χ0n) is 10.3. The van der Waals surface area contributed by atoms with E-state index in [1.807, 2.05) is 24.3 Å². The number of hydrogen-bond donors (Lipinski definition) is 1. The average Bonchev–Trinajstić information content (AvgIpc) is 2.81. The Bertz CT molecular complexity index is 583. The maximum absolute atomic E-state index is 5.81. The number of benzene rings is 1. The third-order valence-electron chi connectivity index (χ3n) is 3.25. The number of anilines is 2. The van der Waals surface area contributed by atoms with E-state index in [-0.39, 0.29) is 0 Å². The molecule has 0 radical (unpaired) electrons. The molecule has 1 aliphatic rings. The number of nitrogens with zero attached hydrogens (tertiary/aromatic N) is 2. The van der Waals surface area contributed by atoms with Gasteiger partial charge in [0.05, 0.1) is 7.11 Å². The van der Waals surface area contributed by atoms with Gasteiger partial charge in [0.2, 0.25) is 5.88 Å². The molecule has 3 rings (SSSR count). The van der Waals surface area contributed by atoms with Crippen molar-refractivity contribution in [3.05, 3.63) is 47.7 Å². The van der Waals surface area contributed by atoms with Crippen molar-refractivity contribution in [2.45, 2.75) is 13.1 Å². The van der Waals surface area contributed by atoms with Gasteiger partial charge in [-0.05, 0) is 29.3 Å². The topological polar surface area (TPSA) is 51.4 Å². The first kappa shape index (κ1) is 10.9. The van der Waals surface area contributed by atoms with E-state index in [9.17, 15) is 0 Å². The van der Waals surface area contributed by atoms with Crippen LogP contribution < -0.4 is 15.4 Å². The molecule has 1 aliphatic heterocycles. The molecule has 0 unspecified atom stereocenters. The molecule has 0 aliphatic carbocycles. The van der Waals surface area contributed by atoms with Crippen LogP contribution in [-0.2, 0) is 13.1 Å². The van der Waals surface area contributed by atoms with Gasteiger partial charge in [0.1, 0.15) is 0 Å². The predicted molar refractivity (Wildman–Crippen MR) is 71.5 cm³/mol. The first-order chi connectivity index (χ1) is 8.76. The third kappa shape index (κ3) is 1.86. The standard InChI is InChI=1S/C14H15N3O/c1-18-14-7-13(4-5-16-14)17-8-10-2-3-12(15)6-11(10)9-17/h2-7H,8-9,15H2,1H3. The summed E-state index contributed by atoms with van der Waals surface area (Å²) in [6, 6.07) is 10.1. The molecule has 0 fully saturated rings. The molecular formula is C14H15N3O. The second-order valence-electron chi connectivity index (χ2n) is 4.44. The monoisotopic (exact) mass is 241 g/mol. The summed E-state index contributed by atoms with van der Waals surface area (Å²) in [5, 5.41) is 0. The molecule has 1 aromatic heterocycles. The van der Waals surface area contributed by atoms with Crippen molar-refractivity contribution < 1.29 is 4.74 Å². The van der Waals surface area contributed by atoms with Crippen molar-refractivity contribution in [2.75, 3.05) is 17.7 Å². The summed E-state index contributed by atoms with van der Waals surface area (Å²) in [6.45, 7) is 1.79. The Morgan fingerprint density at radius 2 is 2.00 bits per heavy atom. The van der Waals surface area contributed by atoms with Crippen LogP contribution in [0.25, 0.3) is 0 Å². The van der Waals surface area contributed by atoms with E-state index in [1.54, 1.807) is 13.3 Å². The van der Waals surface area contributed by atoms with Gasteiger partial charge in [-0.2, -0.15) is 0 Å². The minimum Gasteiger partial charge on any atom is -0.481 e. The Balaban J connectivity index is 1.88. The van der Waals surface area contributed by atoms with Crippen LogP contribution in [0.15, 0.2) is 36.5 Å². The maximum Gasteiger partial charge on any atom is 0.214 e. The number of pyridine rings is 1. The van der Waals surface area contributed by atoms with Crippen LogP contribution in [-0.4, -0.2) is 12.1 Å². The van der Waals surface area contributed by atoms with E-state index < -0.39 is 0 Å². The first-order valence-corrected chi connectivity index (χ1v) is 5.88. The smallest absolute Gasteiger partial charge is 0.214 e. The molecule has 4 nitrogen and oxygen atoms in total. The number of rotatable bonds is 2. The normalized spacial score (nSPS) is 13.5. The molecule has 0 saturated heterocycles. The lowest BCUT2D eigenvalue weighted by atomic mass is 10.1. The first-order valence-electron chi connectivity index (χ1n) is 5.88. The molecule has 0 spiro atoms. The minimum absolute atomic E-state index is 0.642. The molecule has 18 heavy (non-hydrogen) atoms. The number of nitrogens with two attached hydrogens (primary N) is 1. The lowest BCUT2D eigenvalue weighted by Gasteiger charge is -2.17. The van der Waals surface area contributed by atoms with E-state index in [0.29, 0.717) is 5.88 Å². The zero-order valence-corrected chi connectivity index (χ0v) is 10.3. The zero-order chi connectivity index (χ0) is 12.5. The molecule has 0 amide bonds. The number of nitrogen functional groups attached to an aromatic ring is 1. The van der Waals surface area contributed by atoms with Crippen LogP contribution in [0, 0.1) is 0 Å². The van der Waals surface area contributed by atoms with Gasteiger partial charge >= 0.3 is 0 Å². The van der Waals surface area contributed by atoms with E-state index >= 15 is 0 Å². The number of fused-ring (bicyclic) bond motifs is 1. The van der Waals surface area contributed by atoms with Crippen LogP contribution >= 0.6 is 0 Å². The summed E-state index contributed by atoms with van der Waals surface area (Å²) in [7, 11) is 1.63. The quantitative estimate of drug-likeness (QED) is 0.819. The molecule has 0 bridgehead atoms. The molecule has 2 aromatic rings. The fraction of sp³-hybridized carbons (Fsp3) is 0.214. The highest BCUT2D eigenvalue weighted by molar-refractivity contribution is 5.55. The van der Waals surface area contributed by atoms with Crippen molar-refractivity contribution in [3.63, 3.8) is 0 Å². The van der Waals surface area contributed by atoms with Crippen molar-refractivity contribution >= 4 is 11.4 Å². The average molecular weight is 241 g/mol. The maximum atomic E-state index is 5.81. The Labute approximate surface area is 106 Å². The Morgan fingerprint density at radius 3 is 2.83 bits per heavy atom. The van der Waals surface area contributed by atoms with Gasteiger partial charge in [-0.15, -0.1) is 0 Å². The molecule has 0 saturated carbocycles. The minimum atomic E-state index is 0.642. The van der Waals surface area contributed by atoms with Crippen LogP contribution in [0.5, 0.6) is 5.88 Å². The Hall–Kier alpha value is -2.23. The van der Waals surface area contributed by atoms with Gasteiger partial charge in [-0.3, -0.25) is 0 Å². The second kappa shape index (κ2) is 4.22. The van der Waals surface area contributed by atoms with Gasteiger partial charge in [0.25, 0.3) is 0 Å². The Kier molecular flexibility index (Phi) is 2.55. The fourth-order valence-electron chi connectivity index (χ4n) is 2.30. The lowest BCUT2D eigenvalue weighted by molar-refractivity contribution is 0.398. The number of aromatic nitrogens is 1. The SMILES string of the molecule is COc1cc(N2Cc3ccc(N)cc3C2)ccn1. The molecule has 4 heteroatoms. The summed E-state index contributed by atoms with van der Waals surface area (Å²) in [5.74, 6) is 0.642. The summed E-state index contributed by atoms with van der Waals surface area (Å²) in [6.07, 6.45) is 1.77. The predicted octanol–water partition coefficient (Wildman–Crippen LogP) is 2.19. The van der Waals surface area contributed by atoms with Gasteiger partial charge in [0.15, 0.2) is 0 Å². The summed E-state index contributed by atoms with van der Waals surface area (Å²) >= 11 is 0. The molecule has 1 aromatic carbocycles. The van der Waals surface area contributed by atoms with Crippen LogP contribution in [0.2, 0.25) is 0 Å². The van der Waals surface area contributed by atoms with Crippen molar-refractivity contribution in [1.29, 1.82) is 0 Å². The Morgan fingerprint density at radius 1 is 1.17 bits per heavy atom. The van der Waals surface area contributed by atoms with Crippen LogP contribution in [0.3, 0.4) is 0 Å². The molecule has 0 atom stereocenters. The number of hydrogen-bond acceptors (Lipinski definition) is 4. The summed E-state index contributed by atoms with van der Waals surface area (Å²) in [5.41, 5.74) is 10.4. The molecular weight excluding hydrogens is 226 g/mol. The van der Waals surface area contributed by atoms with E-state index in [1.165, 1.54) is 11.1 Å². The van der Waals surface area contributed by atoms with Crippen molar-refractivity contribution in [3.8, 4) is 5.88 Å². The van der Waals surface area contributed by atoms with Crippen LogP contribution in [0.4, 0.5) is 11.4 Å². The number of methoxy groups -OCH3 is 1. The highest BCUT2D eigenvalue weighted by Crippen LogP contribution is 2.30. The third-order valence-corrected chi connectivity index (χ3v) is 3.25. The van der Waals surface area contributed by atoms with E-state index in [4.69, 9.17) is 10.5 Å². The fourth-order valence-corrected chi connectivity index (χ4v) is 2.30. The number of ether oxygens (including phenoxy) is 1. The summed E-state index contributed by atoms with van der Waals surface area (Å²) in [4.78, 5) is 6.41. The highest BCUT2D eigenvalue weighted by Gasteiger charge is 2.19. The lowest BCUT2D eigenvalue weighted by Crippen LogP contribution is -2.14. The van der Waals surface area contributed by atoms with E-state index in [2.05, 4.69) is 16.0 Å². The largest absolute Gasteiger partial charge is 0.481 e. The van der Waals surface area contributed by atoms with Gasteiger partial charge in [-0.25, -0.2) is 4.98 Å². The van der Waals surface area contributed by atoms with Gasteiger partial charge in [0, 0.05) is 36.7 Å². The second-order valence-corrected chi connectivity index (χ2v) is 4.44. The highest BCUT2D eigenvalue weighted by atomic mass is 16.5. The molecule has 92 valence electrons. The van der Waals surface area contributed by atoms with E-state index in [0.717, 1.165) is 24.5 Å². The van der Waals surface area contributed by atoms with Crippen LogP contribution in [0.1, 0.15) is 11.1 Å². The summed E-state index contributed by atoms with van der Waals surface area (Å²) < 4.78 is 5.15.